The summed E-state index contributed by atoms with van der Waals surface area (Å²) in [5, 5.41) is 1.28. The highest BCUT2D eigenvalue weighted by atomic mass is 35.5. The van der Waals surface area contributed by atoms with Gasteiger partial charge in [0.25, 0.3) is 0 Å². The van der Waals surface area contributed by atoms with Gasteiger partial charge in [-0.3, -0.25) is 9.55 Å². The number of nitrogens with zero attached hydrogens (tertiary/aromatic N) is 3. The Morgan fingerprint density at radius 3 is 2.79 bits per heavy atom. The minimum atomic E-state index is -0.766. The van der Waals surface area contributed by atoms with Crippen LogP contribution in [0, 0.1) is 23.5 Å². The molecule has 1 atom stereocenters. The van der Waals surface area contributed by atoms with Crippen molar-refractivity contribution >= 4 is 23.4 Å². The van der Waals surface area contributed by atoms with Gasteiger partial charge in [-0.1, -0.05) is 54.3 Å². The lowest BCUT2D eigenvalue weighted by atomic mass is 10.1. The van der Waals surface area contributed by atoms with E-state index in [-0.39, 0.29) is 23.1 Å². The molecule has 0 saturated carbocycles. The molecule has 4 rings (SSSR count). The zero-order valence-corrected chi connectivity index (χ0v) is 19.6. The minimum absolute atomic E-state index is 0.0271. The normalized spacial score (nSPS) is 15.2. The lowest BCUT2D eigenvalue weighted by Gasteiger charge is -2.17. The fourth-order valence-corrected chi connectivity index (χ4v) is 4.94. The van der Waals surface area contributed by atoms with Gasteiger partial charge in [-0.2, -0.15) is 0 Å². The van der Waals surface area contributed by atoms with Crippen LogP contribution in [0.2, 0.25) is 5.15 Å². The summed E-state index contributed by atoms with van der Waals surface area (Å²) in [6, 6.07) is 5.98. The summed E-state index contributed by atoms with van der Waals surface area (Å²) in [4.78, 5) is 8.77. The van der Waals surface area contributed by atoms with Crippen molar-refractivity contribution < 1.29 is 13.5 Å². The molecule has 170 valence electrons. The molecule has 0 fully saturated rings. The van der Waals surface area contributed by atoms with Gasteiger partial charge in [0.15, 0.2) is 10.3 Å². The number of ether oxygens (including phenoxy) is 1. The number of benzene rings is 1. The van der Waals surface area contributed by atoms with Crippen molar-refractivity contribution in [2.75, 3.05) is 0 Å². The highest BCUT2D eigenvalue weighted by Gasteiger charge is 2.22. The van der Waals surface area contributed by atoms with Crippen LogP contribution in [-0.4, -0.2) is 19.8 Å². The second kappa shape index (κ2) is 10.9. The molecule has 33 heavy (non-hydrogen) atoms. The molecular formula is C25H22ClF2N3OS. The lowest BCUT2D eigenvalue weighted by Crippen LogP contribution is -2.09. The number of aromatic nitrogens is 3. The largest absolute Gasteiger partial charge is 0.487 e. The average molecular weight is 486 g/mol. The van der Waals surface area contributed by atoms with Gasteiger partial charge in [0, 0.05) is 30.0 Å². The first-order valence-corrected chi connectivity index (χ1v) is 11.9. The van der Waals surface area contributed by atoms with Gasteiger partial charge in [-0.25, -0.2) is 13.8 Å². The van der Waals surface area contributed by atoms with Crippen molar-refractivity contribution in [3.8, 4) is 23.3 Å². The highest BCUT2D eigenvalue weighted by Crippen LogP contribution is 2.35. The van der Waals surface area contributed by atoms with Crippen molar-refractivity contribution in [2.45, 2.75) is 49.6 Å². The Bertz CT molecular complexity index is 1190. The Labute approximate surface area is 201 Å². The van der Waals surface area contributed by atoms with Crippen molar-refractivity contribution in [3.05, 3.63) is 76.9 Å². The Kier molecular flexibility index (Phi) is 7.69. The maximum Gasteiger partial charge on any atom is 0.175 e. The second-order valence-corrected chi connectivity index (χ2v) is 8.96. The maximum atomic E-state index is 14.4. The number of pyridine rings is 1. The number of allylic oxidation sites excluding steroid dienone is 1. The summed E-state index contributed by atoms with van der Waals surface area (Å²) >= 11 is 8.12. The molecule has 0 spiro atoms. The maximum absolute atomic E-state index is 14.4. The first-order valence-electron chi connectivity index (χ1n) is 10.7. The van der Waals surface area contributed by atoms with E-state index in [2.05, 4.69) is 34.0 Å². The van der Waals surface area contributed by atoms with Crippen LogP contribution in [0.15, 0.2) is 54.0 Å². The van der Waals surface area contributed by atoms with Crippen LogP contribution in [0.5, 0.6) is 5.75 Å². The molecule has 2 aromatic heterocycles. The molecule has 0 amide bonds. The van der Waals surface area contributed by atoms with Crippen LogP contribution >= 0.6 is 23.4 Å². The van der Waals surface area contributed by atoms with Gasteiger partial charge in [0.1, 0.15) is 29.7 Å². The highest BCUT2D eigenvalue weighted by molar-refractivity contribution is 7.99. The third-order valence-electron chi connectivity index (χ3n) is 5.05. The number of hydrogen-bond donors (Lipinski definition) is 0. The van der Waals surface area contributed by atoms with Gasteiger partial charge < -0.3 is 4.74 Å². The smallest absolute Gasteiger partial charge is 0.175 e. The molecule has 3 aromatic rings. The number of hydrogen-bond acceptors (Lipinski definition) is 4. The molecule has 1 aliphatic rings. The van der Waals surface area contributed by atoms with E-state index < -0.39 is 11.6 Å². The van der Waals surface area contributed by atoms with E-state index in [9.17, 15) is 8.78 Å². The molecule has 0 saturated heterocycles. The van der Waals surface area contributed by atoms with E-state index in [1.54, 1.807) is 24.2 Å². The van der Waals surface area contributed by atoms with Gasteiger partial charge >= 0.3 is 0 Å². The number of imidazole rings is 1. The molecule has 1 aromatic carbocycles. The average Bonchev–Trinajstić information content (AvgIpc) is 3.13. The predicted octanol–water partition coefficient (Wildman–Crippen LogP) is 6.74. The van der Waals surface area contributed by atoms with E-state index in [4.69, 9.17) is 16.3 Å². The van der Waals surface area contributed by atoms with Crippen molar-refractivity contribution in [3.63, 3.8) is 0 Å². The van der Waals surface area contributed by atoms with Crippen LogP contribution in [0.3, 0.4) is 0 Å². The number of halogens is 3. The quantitative estimate of drug-likeness (QED) is 0.286. The van der Waals surface area contributed by atoms with E-state index in [0.29, 0.717) is 22.5 Å². The molecule has 8 heteroatoms. The van der Waals surface area contributed by atoms with Gasteiger partial charge in [0.05, 0.1) is 17.4 Å². The van der Waals surface area contributed by atoms with Gasteiger partial charge in [-0.15, -0.1) is 0 Å². The topological polar surface area (TPSA) is 39.9 Å². The van der Waals surface area contributed by atoms with E-state index >= 15 is 0 Å². The fraction of sp³-hybridized carbons (Fsp3) is 0.280. The van der Waals surface area contributed by atoms with Crippen molar-refractivity contribution in [2.24, 2.45) is 0 Å². The van der Waals surface area contributed by atoms with Crippen LogP contribution in [-0.2, 0) is 6.61 Å². The SMILES string of the molecule is CCC#Cc1c(F)cc(OCc2c(Cl)nc(SC3C=CCCC3)n2-c2cccnc2)cc1F. The van der Waals surface area contributed by atoms with Crippen LogP contribution in [0.25, 0.3) is 5.69 Å². The van der Waals surface area contributed by atoms with E-state index in [1.807, 2.05) is 23.6 Å². The lowest BCUT2D eigenvalue weighted by molar-refractivity contribution is 0.295. The number of rotatable bonds is 6. The molecule has 1 unspecified atom stereocenters. The summed E-state index contributed by atoms with van der Waals surface area (Å²) in [6.07, 6.45) is 11.5. The van der Waals surface area contributed by atoms with Crippen molar-refractivity contribution in [1.29, 1.82) is 0 Å². The molecule has 4 nitrogen and oxygen atoms in total. The molecule has 1 aliphatic carbocycles. The van der Waals surface area contributed by atoms with E-state index in [0.717, 1.165) is 37.1 Å². The van der Waals surface area contributed by atoms with Crippen LogP contribution in [0.4, 0.5) is 8.78 Å². The summed E-state index contributed by atoms with van der Waals surface area (Å²) in [6.45, 7) is 1.78. The van der Waals surface area contributed by atoms with Crippen LogP contribution in [0.1, 0.15) is 43.9 Å². The Balaban J connectivity index is 1.64. The first-order chi connectivity index (χ1) is 16.1. The van der Waals surface area contributed by atoms with Gasteiger partial charge in [-0.05, 0) is 31.4 Å². The Morgan fingerprint density at radius 2 is 2.12 bits per heavy atom. The summed E-state index contributed by atoms with van der Waals surface area (Å²) in [5.41, 5.74) is 1.09. The van der Waals surface area contributed by atoms with Gasteiger partial charge in [0.2, 0.25) is 0 Å². The summed E-state index contributed by atoms with van der Waals surface area (Å²) in [7, 11) is 0. The summed E-state index contributed by atoms with van der Waals surface area (Å²) < 4.78 is 36.4. The number of thioether (sulfide) groups is 1. The minimum Gasteiger partial charge on any atom is -0.487 e. The molecule has 0 N–H and O–H groups in total. The predicted molar refractivity (Wildman–Crippen MR) is 127 cm³/mol. The first kappa shape index (κ1) is 23.3. The third kappa shape index (κ3) is 5.58. The zero-order valence-electron chi connectivity index (χ0n) is 18.0. The Hall–Kier alpha value is -2.82. The monoisotopic (exact) mass is 485 g/mol. The zero-order chi connectivity index (χ0) is 23.2. The second-order valence-electron chi connectivity index (χ2n) is 7.40. The third-order valence-corrected chi connectivity index (χ3v) is 6.53. The van der Waals surface area contributed by atoms with Crippen LogP contribution < -0.4 is 4.74 Å². The molecule has 0 bridgehead atoms. The molecule has 0 aliphatic heterocycles. The summed E-state index contributed by atoms with van der Waals surface area (Å²) in [5.74, 6) is 3.70. The molecule has 0 radical (unpaired) electrons. The van der Waals surface area contributed by atoms with Crippen molar-refractivity contribution in [1.82, 2.24) is 14.5 Å². The molecule has 2 heterocycles. The Morgan fingerprint density at radius 1 is 1.30 bits per heavy atom. The standard InChI is InChI=1S/C25H22ClF2N3OS/c1-2-3-11-20-21(27)13-18(14-22(20)28)32-16-23-24(26)30-25(33-19-9-5-4-6-10-19)31(23)17-8-7-12-29-15-17/h5,7-9,12-15,19H,2,4,6,10,16H2,1H3. The van der Waals surface area contributed by atoms with E-state index in [1.165, 1.54) is 0 Å². The fourth-order valence-electron chi connectivity index (χ4n) is 3.46. The molecular weight excluding hydrogens is 464 g/mol.